The molecule has 3 nitrogen and oxygen atoms in total. The van der Waals surface area contributed by atoms with Crippen LogP contribution in [0.5, 0.6) is 0 Å². The lowest BCUT2D eigenvalue weighted by atomic mass is 9.99. The first-order valence-corrected chi connectivity index (χ1v) is 5.49. The molecule has 0 saturated heterocycles. The highest BCUT2D eigenvalue weighted by Gasteiger charge is 2.20. The van der Waals surface area contributed by atoms with Gasteiger partial charge in [-0.15, -0.1) is 0 Å². The summed E-state index contributed by atoms with van der Waals surface area (Å²) in [5.41, 5.74) is 5.62. The van der Waals surface area contributed by atoms with Crippen LogP contribution in [0.3, 0.4) is 0 Å². The van der Waals surface area contributed by atoms with Crippen LogP contribution in [0, 0.1) is 0 Å². The van der Waals surface area contributed by atoms with Crippen LogP contribution >= 0.6 is 15.9 Å². The molecule has 14 heavy (non-hydrogen) atoms. The maximum absolute atomic E-state index is 5.71. The Balaban J connectivity index is 2.82. The van der Waals surface area contributed by atoms with Crippen molar-refractivity contribution in [3.63, 3.8) is 0 Å². The minimum atomic E-state index is -0.0864. The van der Waals surface area contributed by atoms with E-state index in [-0.39, 0.29) is 5.54 Å². The molecular formula is C10H16BrN3. The van der Waals surface area contributed by atoms with E-state index < -0.39 is 0 Å². The second-order valence-corrected chi connectivity index (χ2v) is 4.43. The third kappa shape index (κ3) is 2.69. The third-order valence-electron chi connectivity index (χ3n) is 2.41. The molecule has 78 valence electrons. The standard InChI is InChI=1S/C10H16BrN3/c1-3-10(2,7-12)14-9-8(11)5-4-6-13-9/h4-6H,3,7,12H2,1-2H3,(H,13,14). The zero-order valence-corrected chi connectivity index (χ0v) is 10.1. The number of hydrogen-bond acceptors (Lipinski definition) is 3. The molecule has 0 amide bonds. The summed E-state index contributed by atoms with van der Waals surface area (Å²) >= 11 is 3.44. The normalized spacial score (nSPS) is 14.9. The van der Waals surface area contributed by atoms with Crippen molar-refractivity contribution < 1.29 is 0 Å². The van der Waals surface area contributed by atoms with Gasteiger partial charge in [-0.3, -0.25) is 0 Å². The maximum atomic E-state index is 5.71. The Morgan fingerprint density at radius 1 is 1.64 bits per heavy atom. The predicted octanol–water partition coefficient (Wildman–Crippen LogP) is 2.38. The zero-order chi connectivity index (χ0) is 10.6. The highest BCUT2D eigenvalue weighted by molar-refractivity contribution is 9.10. The molecule has 1 heterocycles. The van der Waals surface area contributed by atoms with Gasteiger partial charge in [0.25, 0.3) is 0 Å². The molecule has 0 aliphatic rings. The molecule has 0 bridgehead atoms. The van der Waals surface area contributed by atoms with Crippen LogP contribution in [0.15, 0.2) is 22.8 Å². The van der Waals surface area contributed by atoms with Crippen molar-refractivity contribution in [1.82, 2.24) is 4.98 Å². The average molecular weight is 258 g/mol. The zero-order valence-electron chi connectivity index (χ0n) is 8.55. The van der Waals surface area contributed by atoms with Crippen molar-refractivity contribution >= 4 is 21.7 Å². The molecule has 3 N–H and O–H groups in total. The summed E-state index contributed by atoms with van der Waals surface area (Å²) < 4.78 is 0.966. The predicted molar refractivity (Wildman–Crippen MR) is 63.3 cm³/mol. The SMILES string of the molecule is CCC(C)(CN)Nc1ncccc1Br. The van der Waals surface area contributed by atoms with Crippen molar-refractivity contribution in [3.8, 4) is 0 Å². The molecule has 1 aromatic rings. The van der Waals surface area contributed by atoms with Crippen LogP contribution in [0.4, 0.5) is 5.82 Å². The quantitative estimate of drug-likeness (QED) is 0.871. The van der Waals surface area contributed by atoms with Gasteiger partial charge in [0.1, 0.15) is 5.82 Å². The molecule has 4 heteroatoms. The number of pyridine rings is 1. The fourth-order valence-corrected chi connectivity index (χ4v) is 1.40. The monoisotopic (exact) mass is 257 g/mol. The van der Waals surface area contributed by atoms with Gasteiger partial charge in [-0.25, -0.2) is 4.98 Å². The molecule has 0 aromatic carbocycles. The number of hydrogen-bond donors (Lipinski definition) is 2. The first kappa shape index (κ1) is 11.5. The van der Waals surface area contributed by atoms with Crippen molar-refractivity contribution in [3.05, 3.63) is 22.8 Å². The van der Waals surface area contributed by atoms with E-state index in [4.69, 9.17) is 5.73 Å². The Hall–Kier alpha value is -0.610. The highest BCUT2D eigenvalue weighted by atomic mass is 79.9. The Labute approximate surface area is 93.2 Å². The Morgan fingerprint density at radius 2 is 2.36 bits per heavy atom. The van der Waals surface area contributed by atoms with Crippen molar-refractivity contribution in [2.75, 3.05) is 11.9 Å². The Bertz CT molecular complexity index is 297. The van der Waals surface area contributed by atoms with Crippen LogP contribution in [-0.4, -0.2) is 17.1 Å². The summed E-state index contributed by atoms with van der Waals surface area (Å²) in [4.78, 5) is 4.25. The van der Waals surface area contributed by atoms with Gasteiger partial charge in [0.2, 0.25) is 0 Å². The van der Waals surface area contributed by atoms with Crippen molar-refractivity contribution in [2.45, 2.75) is 25.8 Å². The minimum absolute atomic E-state index is 0.0864. The van der Waals surface area contributed by atoms with Gasteiger partial charge in [0.05, 0.1) is 4.47 Å². The second kappa shape index (κ2) is 4.75. The van der Waals surface area contributed by atoms with Gasteiger partial charge in [0, 0.05) is 18.3 Å². The van der Waals surface area contributed by atoms with Crippen LogP contribution in [0.1, 0.15) is 20.3 Å². The fraction of sp³-hybridized carbons (Fsp3) is 0.500. The smallest absolute Gasteiger partial charge is 0.140 e. The van der Waals surface area contributed by atoms with Crippen LogP contribution in [0.25, 0.3) is 0 Å². The Kier molecular flexibility index (Phi) is 3.89. The van der Waals surface area contributed by atoms with Gasteiger partial charge in [-0.2, -0.15) is 0 Å². The molecule has 0 fully saturated rings. The summed E-state index contributed by atoms with van der Waals surface area (Å²) in [6, 6.07) is 3.85. The van der Waals surface area contributed by atoms with Crippen LogP contribution in [-0.2, 0) is 0 Å². The van der Waals surface area contributed by atoms with Crippen LogP contribution in [0.2, 0.25) is 0 Å². The molecule has 0 radical (unpaired) electrons. The topological polar surface area (TPSA) is 50.9 Å². The molecule has 0 aliphatic heterocycles. The Morgan fingerprint density at radius 3 is 2.86 bits per heavy atom. The number of nitrogens with one attached hydrogen (secondary N) is 1. The van der Waals surface area contributed by atoms with E-state index in [1.54, 1.807) is 6.20 Å². The van der Waals surface area contributed by atoms with Crippen LogP contribution < -0.4 is 11.1 Å². The molecule has 1 aromatic heterocycles. The van der Waals surface area contributed by atoms with Crippen molar-refractivity contribution in [2.24, 2.45) is 5.73 Å². The number of anilines is 1. The summed E-state index contributed by atoms with van der Waals surface area (Å²) in [5.74, 6) is 0.849. The number of rotatable bonds is 4. The molecule has 1 unspecified atom stereocenters. The summed E-state index contributed by atoms with van der Waals surface area (Å²) in [6.45, 7) is 4.79. The fourth-order valence-electron chi connectivity index (χ4n) is 1.05. The molecular weight excluding hydrogens is 242 g/mol. The second-order valence-electron chi connectivity index (χ2n) is 3.58. The first-order valence-electron chi connectivity index (χ1n) is 4.70. The summed E-state index contributed by atoms with van der Waals surface area (Å²) in [5, 5.41) is 3.34. The lowest BCUT2D eigenvalue weighted by Crippen LogP contribution is -2.42. The lowest BCUT2D eigenvalue weighted by molar-refractivity contribution is 0.504. The van der Waals surface area contributed by atoms with Gasteiger partial charge >= 0.3 is 0 Å². The summed E-state index contributed by atoms with van der Waals surface area (Å²) in [7, 11) is 0. The number of nitrogens with zero attached hydrogens (tertiary/aromatic N) is 1. The van der Waals surface area contributed by atoms with E-state index in [0.717, 1.165) is 16.7 Å². The molecule has 0 aliphatic carbocycles. The highest BCUT2D eigenvalue weighted by Crippen LogP contribution is 2.23. The number of aromatic nitrogens is 1. The lowest BCUT2D eigenvalue weighted by Gasteiger charge is -2.28. The average Bonchev–Trinajstić information content (AvgIpc) is 2.21. The number of halogens is 1. The van der Waals surface area contributed by atoms with E-state index in [9.17, 15) is 0 Å². The van der Waals surface area contributed by atoms with Gasteiger partial charge in [0.15, 0.2) is 0 Å². The number of nitrogens with two attached hydrogens (primary N) is 1. The maximum Gasteiger partial charge on any atom is 0.140 e. The summed E-state index contributed by atoms with van der Waals surface area (Å²) in [6.07, 6.45) is 2.73. The van der Waals surface area contributed by atoms with E-state index in [2.05, 4.69) is 40.1 Å². The van der Waals surface area contributed by atoms with E-state index in [1.807, 2.05) is 12.1 Å². The molecule has 0 saturated carbocycles. The molecule has 1 rings (SSSR count). The van der Waals surface area contributed by atoms with E-state index >= 15 is 0 Å². The van der Waals surface area contributed by atoms with Crippen molar-refractivity contribution in [1.29, 1.82) is 0 Å². The molecule has 0 spiro atoms. The van der Waals surface area contributed by atoms with E-state index in [0.29, 0.717) is 6.54 Å². The van der Waals surface area contributed by atoms with Gasteiger partial charge in [-0.1, -0.05) is 6.92 Å². The first-order chi connectivity index (χ1) is 6.61. The largest absolute Gasteiger partial charge is 0.363 e. The van der Waals surface area contributed by atoms with Gasteiger partial charge in [-0.05, 0) is 41.4 Å². The molecule has 1 atom stereocenters. The third-order valence-corrected chi connectivity index (χ3v) is 3.05. The van der Waals surface area contributed by atoms with Gasteiger partial charge < -0.3 is 11.1 Å². The van der Waals surface area contributed by atoms with E-state index in [1.165, 1.54) is 0 Å². The minimum Gasteiger partial charge on any atom is -0.363 e.